The summed E-state index contributed by atoms with van der Waals surface area (Å²) >= 11 is 0. The van der Waals surface area contributed by atoms with E-state index in [2.05, 4.69) is 0 Å². The van der Waals surface area contributed by atoms with Gasteiger partial charge in [-0.3, -0.25) is 0 Å². The van der Waals surface area contributed by atoms with Gasteiger partial charge in [0.1, 0.15) is 17.4 Å². The first-order valence-electron chi connectivity index (χ1n) is 10.2. The molecule has 4 rings (SSSR count). The summed E-state index contributed by atoms with van der Waals surface area (Å²) in [5, 5.41) is 0.761. The van der Waals surface area contributed by atoms with Crippen molar-refractivity contribution in [1.82, 2.24) is 0 Å². The Hall–Kier alpha value is -3.34. The van der Waals surface area contributed by atoms with Crippen LogP contribution in [0.5, 0.6) is 5.75 Å². The molecule has 5 heteroatoms. The Kier molecular flexibility index (Phi) is 5.45. The Bertz CT molecular complexity index is 1300. The fourth-order valence-electron chi connectivity index (χ4n) is 4.17. The van der Waals surface area contributed by atoms with Gasteiger partial charge in [-0.2, -0.15) is 8.78 Å². The minimum atomic E-state index is -3.49. The molecule has 164 valence electrons. The Morgan fingerprint density at radius 1 is 0.719 bits per heavy atom. The molecule has 0 fully saturated rings. The van der Waals surface area contributed by atoms with Crippen molar-refractivity contribution in [2.45, 2.75) is 33.8 Å². The quantitative estimate of drug-likeness (QED) is 0.292. The number of benzene rings is 4. The molecule has 0 aliphatic heterocycles. The van der Waals surface area contributed by atoms with Crippen LogP contribution in [0.1, 0.15) is 27.8 Å². The smallest absolute Gasteiger partial charge is 0.427 e. The molecule has 0 aliphatic carbocycles. The summed E-state index contributed by atoms with van der Waals surface area (Å²) in [6.07, 6.45) is -3.49. The van der Waals surface area contributed by atoms with Crippen molar-refractivity contribution in [3.8, 4) is 16.9 Å². The van der Waals surface area contributed by atoms with Crippen LogP contribution in [-0.2, 0) is 6.11 Å². The molecular weight excluding hydrogens is 416 g/mol. The molecule has 0 amide bonds. The number of hydrogen-bond donors (Lipinski definition) is 0. The zero-order valence-electron chi connectivity index (χ0n) is 18.2. The molecule has 0 bridgehead atoms. The van der Waals surface area contributed by atoms with Crippen LogP contribution < -0.4 is 4.74 Å². The molecule has 4 aromatic rings. The topological polar surface area (TPSA) is 9.23 Å². The number of halogens is 4. The van der Waals surface area contributed by atoms with Crippen LogP contribution in [0.4, 0.5) is 17.6 Å². The van der Waals surface area contributed by atoms with Crippen molar-refractivity contribution in [2.24, 2.45) is 0 Å². The van der Waals surface area contributed by atoms with E-state index < -0.39 is 17.7 Å². The highest BCUT2D eigenvalue weighted by Crippen LogP contribution is 2.37. The Labute approximate surface area is 184 Å². The van der Waals surface area contributed by atoms with E-state index in [1.165, 1.54) is 25.1 Å². The normalized spacial score (nSPS) is 11.8. The fourth-order valence-corrected chi connectivity index (χ4v) is 4.17. The average Bonchev–Trinajstić information content (AvgIpc) is 2.71. The Morgan fingerprint density at radius 3 is 1.94 bits per heavy atom. The second kappa shape index (κ2) is 7.97. The predicted octanol–water partition coefficient (Wildman–Crippen LogP) is 8.15. The number of rotatable bonds is 4. The lowest BCUT2D eigenvalue weighted by Crippen LogP contribution is -2.24. The molecule has 0 saturated carbocycles. The molecule has 1 nitrogen and oxygen atoms in total. The van der Waals surface area contributed by atoms with Gasteiger partial charge >= 0.3 is 6.11 Å². The molecular formula is C27H22F4O. The van der Waals surface area contributed by atoms with Gasteiger partial charge in [-0.15, -0.1) is 0 Å². The number of fused-ring (bicyclic) bond motifs is 1. The van der Waals surface area contributed by atoms with Crippen molar-refractivity contribution in [3.05, 3.63) is 100 Å². The highest BCUT2D eigenvalue weighted by molar-refractivity contribution is 5.88. The van der Waals surface area contributed by atoms with E-state index in [1.54, 1.807) is 56.3 Å². The van der Waals surface area contributed by atoms with Gasteiger partial charge in [0.05, 0.1) is 5.56 Å². The van der Waals surface area contributed by atoms with Crippen LogP contribution in [0.15, 0.2) is 60.7 Å². The van der Waals surface area contributed by atoms with Crippen LogP contribution in [0.3, 0.4) is 0 Å². The lowest BCUT2D eigenvalue weighted by Gasteiger charge is -2.22. The number of ether oxygens (including phenoxy) is 1. The third-order valence-corrected chi connectivity index (χ3v) is 5.66. The van der Waals surface area contributed by atoms with Crippen molar-refractivity contribution >= 4 is 10.8 Å². The van der Waals surface area contributed by atoms with Crippen LogP contribution >= 0.6 is 0 Å². The van der Waals surface area contributed by atoms with E-state index in [9.17, 15) is 17.6 Å². The van der Waals surface area contributed by atoms with Crippen molar-refractivity contribution in [1.29, 1.82) is 0 Å². The molecule has 0 N–H and O–H groups in total. The van der Waals surface area contributed by atoms with E-state index in [1.807, 2.05) is 6.92 Å². The standard InChI is InChI=1S/C27H22F4O/c1-15-11-16(2)25(17(3)12-15)27(30,31)32-22-8-5-19(6-9-22)20-7-10-23-21(13-20)14-24(28)18(4)26(23)29/h5-14H,1-4H3. The molecule has 4 aromatic carbocycles. The zero-order chi connectivity index (χ0) is 23.2. The minimum Gasteiger partial charge on any atom is -0.429 e. The average molecular weight is 438 g/mol. The Balaban J connectivity index is 1.63. The van der Waals surface area contributed by atoms with Crippen LogP contribution in [0.25, 0.3) is 21.9 Å². The monoisotopic (exact) mass is 438 g/mol. The fraction of sp³-hybridized carbons (Fsp3) is 0.185. The molecule has 0 unspecified atom stereocenters. The number of hydrogen-bond acceptors (Lipinski definition) is 1. The van der Waals surface area contributed by atoms with E-state index in [4.69, 9.17) is 4.74 Å². The Morgan fingerprint density at radius 2 is 1.31 bits per heavy atom. The first-order valence-corrected chi connectivity index (χ1v) is 10.2. The molecule has 0 atom stereocenters. The van der Waals surface area contributed by atoms with Gasteiger partial charge in [-0.1, -0.05) is 42.0 Å². The third-order valence-electron chi connectivity index (χ3n) is 5.66. The number of alkyl halides is 2. The predicted molar refractivity (Wildman–Crippen MR) is 119 cm³/mol. The highest BCUT2D eigenvalue weighted by Gasteiger charge is 2.37. The van der Waals surface area contributed by atoms with Gasteiger partial charge in [0, 0.05) is 10.9 Å². The SMILES string of the molecule is Cc1cc(C)c(C(F)(F)Oc2ccc(-c3ccc4c(F)c(C)c(F)cc4c3)cc2)c(C)c1. The third kappa shape index (κ3) is 3.95. The maximum absolute atomic E-state index is 14.9. The van der Waals surface area contributed by atoms with Crippen LogP contribution in [0.2, 0.25) is 0 Å². The molecule has 0 saturated heterocycles. The van der Waals surface area contributed by atoms with Crippen LogP contribution in [0, 0.1) is 39.3 Å². The summed E-state index contributed by atoms with van der Waals surface area (Å²) < 4.78 is 63.1. The minimum absolute atomic E-state index is 0.0200. The summed E-state index contributed by atoms with van der Waals surface area (Å²) in [4.78, 5) is 0. The summed E-state index contributed by atoms with van der Waals surface area (Å²) in [7, 11) is 0. The molecule has 0 heterocycles. The van der Waals surface area contributed by atoms with E-state index in [-0.39, 0.29) is 16.9 Å². The molecule has 0 aliphatic rings. The van der Waals surface area contributed by atoms with Crippen LogP contribution in [-0.4, -0.2) is 0 Å². The summed E-state index contributed by atoms with van der Waals surface area (Å²) in [6, 6.07) is 15.9. The lowest BCUT2D eigenvalue weighted by atomic mass is 9.99. The largest absolute Gasteiger partial charge is 0.429 e. The van der Waals surface area contributed by atoms with Gasteiger partial charge in [0.15, 0.2) is 0 Å². The highest BCUT2D eigenvalue weighted by atomic mass is 19.3. The second-order valence-electron chi connectivity index (χ2n) is 8.15. The van der Waals surface area contributed by atoms with E-state index in [0.717, 1.165) is 5.56 Å². The maximum Gasteiger partial charge on any atom is 0.427 e. The van der Waals surface area contributed by atoms with Crippen molar-refractivity contribution in [3.63, 3.8) is 0 Å². The zero-order valence-corrected chi connectivity index (χ0v) is 18.2. The second-order valence-corrected chi connectivity index (χ2v) is 8.15. The molecule has 0 aromatic heterocycles. The molecule has 32 heavy (non-hydrogen) atoms. The summed E-state index contributed by atoms with van der Waals surface area (Å²) in [5.41, 5.74) is 3.11. The van der Waals surface area contributed by atoms with E-state index >= 15 is 0 Å². The van der Waals surface area contributed by atoms with Gasteiger partial charge in [-0.25, -0.2) is 8.78 Å². The maximum atomic E-state index is 14.9. The van der Waals surface area contributed by atoms with Gasteiger partial charge in [0.25, 0.3) is 0 Å². The lowest BCUT2D eigenvalue weighted by molar-refractivity contribution is -0.186. The van der Waals surface area contributed by atoms with Crippen molar-refractivity contribution < 1.29 is 22.3 Å². The summed E-state index contributed by atoms with van der Waals surface area (Å²) in [6.45, 7) is 6.54. The molecule has 0 radical (unpaired) electrons. The van der Waals surface area contributed by atoms with Crippen molar-refractivity contribution in [2.75, 3.05) is 0 Å². The van der Waals surface area contributed by atoms with Gasteiger partial charge in [-0.05, 0) is 79.6 Å². The first-order chi connectivity index (χ1) is 15.1. The first kappa shape index (κ1) is 21.9. The van der Waals surface area contributed by atoms with Gasteiger partial charge in [0.2, 0.25) is 0 Å². The molecule has 0 spiro atoms. The summed E-state index contributed by atoms with van der Waals surface area (Å²) in [5.74, 6) is -1.18. The van der Waals surface area contributed by atoms with E-state index in [0.29, 0.717) is 33.0 Å². The van der Waals surface area contributed by atoms with Gasteiger partial charge < -0.3 is 4.74 Å². The number of aryl methyl sites for hydroxylation is 3.